The van der Waals surface area contributed by atoms with Gasteiger partial charge in [-0.3, -0.25) is 4.79 Å². The second-order valence-electron chi connectivity index (χ2n) is 6.29. The predicted octanol–water partition coefficient (Wildman–Crippen LogP) is 4.31. The molecule has 1 amide bonds. The lowest BCUT2D eigenvalue weighted by Crippen LogP contribution is -2.43. The molecule has 0 fully saturated rings. The molecule has 154 valence electrons. The molecule has 8 heteroatoms. The molecule has 0 aliphatic carbocycles. The van der Waals surface area contributed by atoms with Crippen molar-refractivity contribution in [2.45, 2.75) is 5.60 Å². The summed E-state index contributed by atoms with van der Waals surface area (Å²) in [6.45, 7) is 0. The Bertz CT molecular complexity index is 1030. The topological polar surface area (TPSA) is 91.2 Å². The third-order valence-corrected chi connectivity index (χ3v) is 6.63. The number of nitrogens with one attached hydrogen (secondary N) is 1. The molecule has 30 heavy (non-hydrogen) atoms. The van der Waals surface area contributed by atoms with Crippen molar-refractivity contribution in [1.82, 2.24) is 5.43 Å². The van der Waals surface area contributed by atoms with Gasteiger partial charge in [-0.1, -0.05) is 60.7 Å². The molecule has 3 aromatic rings. The van der Waals surface area contributed by atoms with E-state index in [4.69, 9.17) is 4.74 Å². The summed E-state index contributed by atoms with van der Waals surface area (Å²) in [5.41, 5.74) is 1.86. The number of halogens is 2. The first-order valence-electron chi connectivity index (χ1n) is 8.81. The maximum atomic E-state index is 13.0. The summed E-state index contributed by atoms with van der Waals surface area (Å²) in [5.74, 6) is -0.534. The van der Waals surface area contributed by atoms with Gasteiger partial charge in [0.05, 0.1) is 17.8 Å². The third-order valence-electron chi connectivity index (χ3n) is 4.48. The van der Waals surface area contributed by atoms with Crippen LogP contribution >= 0.6 is 31.9 Å². The van der Waals surface area contributed by atoms with Crippen LogP contribution in [0.4, 0.5) is 0 Å². The Balaban J connectivity index is 1.92. The number of nitrogens with zero attached hydrogens (tertiary/aromatic N) is 1. The second kappa shape index (κ2) is 9.42. The van der Waals surface area contributed by atoms with Crippen molar-refractivity contribution >= 4 is 44.0 Å². The van der Waals surface area contributed by atoms with Gasteiger partial charge in [0.1, 0.15) is 0 Å². The number of hydrazone groups is 1. The van der Waals surface area contributed by atoms with Crippen molar-refractivity contribution in [3.63, 3.8) is 0 Å². The fraction of sp³-hybridized carbons (Fsp3) is 0.0909. The van der Waals surface area contributed by atoms with Gasteiger partial charge in [0.2, 0.25) is 0 Å². The Hall–Kier alpha value is -2.68. The van der Waals surface area contributed by atoms with Crippen LogP contribution in [0, 0.1) is 0 Å². The van der Waals surface area contributed by atoms with Crippen LogP contribution in [0.1, 0.15) is 16.7 Å². The van der Waals surface area contributed by atoms with E-state index in [2.05, 4.69) is 42.4 Å². The van der Waals surface area contributed by atoms with Crippen LogP contribution in [-0.4, -0.2) is 29.4 Å². The van der Waals surface area contributed by atoms with E-state index in [0.29, 0.717) is 25.6 Å². The quantitative estimate of drug-likeness (QED) is 0.325. The molecule has 0 radical (unpaired) electrons. The zero-order chi connectivity index (χ0) is 21.7. The molecule has 3 rings (SSSR count). The van der Waals surface area contributed by atoms with Crippen LogP contribution in [-0.2, 0) is 10.4 Å². The van der Waals surface area contributed by atoms with Gasteiger partial charge in [-0.15, -0.1) is 0 Å². The maximum Gasteiger partial charge on any atom is 0.281 e. The summed E-state index contributed by atoms with van der Waals surface area (Å²) in [4.78, 5) is 13.0. The number of carbonyl (C=O) groups excluding carboxylic acids is 1. The number of aliphatic hydroxyl groups is 1. The van der Waals surface area contributed by atoms with E-state index < -0.39 is 11.5 Å². The zero-order valence-electron chi connectivity index (χ0n) is 15.8. The number of aromatic hydroxyl groups is 1. The number of phenols is 1. The SMILES string of the molecule is COc1cc(/C=N\NC(=O)C(O)(c2ccccc2)c2ccccc2)c(Br)c(Br)c1O. The summed E-state index contributed by atoms with van der Waals surface area (Å²) in [6.07, 6.45) is 1.38. The molecule has 0 unspecified atom stereocenters. The number of benzene rings is 3. The maximum absolute atomic E-state index is 13.0. The summed E-state index contributed by atoms with van der Waals surface area (Å²) < 4.78 is 6.05. The minimum atomic E-state index is -1.93. The first kappa shape index (κ1) is 22.0. The lowest BCUT2D eigenvalue weighted by Gasteiger charge is -2.27. The molecule has 0 bridgehead atoms. The summed E-state index contributed by atoms with van der Waals surface area (Å²) >= 11 is 6.63. The van der Waals surface area contributed by atoms with E-state index in [1.54, 1.807) is 66.7 Å². The Morgan fingerprint density at radius 3 is 2.07 bits per heavy atom. The van der Waals surface area contributed by atoms with Crippen LogP contribution in [0.25, 0.3) is 0 Å². The third kappa shape index (κ3) is 4.26. The van der Waals surface area contributed by atoms with E-state index in [1.807, 2.05) is 0 Å². The fourth-order valence-corrected chi connectivity index (χ4v) is 3.72. The smallest absolute Gasteiger partial charge is 0.281 e. The standard InChI is InChI=1S/C22H18Br2N2O4/c1-30-17-12-14(18(23)19(24)20(17)27)13-25-26-21(28)22(29,15-8-4-2-5-9-15)16-10-6-3-7-11-16/h2-13,27,29H,1H3,(H,26,28)/b25-13-. The number of ether oxygens (including phenoxy) is 1. The number of phenolic OH excluding ortho intramolecular Hbond substituents is 1. The second-order valence-corrected chi connectivity index (χ2v) is 7.87. The summed E-state index contributed by atoms with van der Waals surface area (Å²) in [6, 6.07) is 18.9. The highest BCUT2D eigenvalue weighted by molar-refractivity contribution is 9.13. The molecule has 0 atom stereocenters. The molecule has 0 heterocycles. The number of amides is 1. The molecule has 6 nitrogen and oxygen atoms in total. The minimum Gasteiger partial charge on any atom is -0.503 e. The van der Waals surface area contributed by atoms with Crippen molar-refractivity contribution in [2.24, 2.45) is 5.10 Å². The first-order chi connectivity index (χ1) is 14.4. The van der Waals surface area contributed by atoms with Gasteiger partial charge < -0.3 is 14.9 Å². The molecule has 0 aliphatic rings. The summed E-state index contributed by atoms with van der Waals surface area (Å²) in [7, 11) is 1.43. The lowest BCUT2D eigenvalue weighted by molar-refractivity contribution is -0.136. The highest BCUT2D eigenvalue weighted by atomic mass is 79.9. The van der Waals surface area contributed by atoms with Crippen molar-refractivity contribution in [1.29, 1.82) is 0 Å². The highest BCUT2D eigenvalue weighted by Gasteiger charge is 2.39. The molecule has 0 aliphatic heterocycles. The van der Waals surface area contributed by atoms with Gasteiger partial charge in [0, 0.05) is 10.0 Å². The van der Waals surface area contributed by atoms with Crippen molar-refractivity contribution < 1.29 is 19.7 Å². The average molecular weight is 534 g/mol. The van der Waals surface area contributed by atoms with Gasteiger partial charge in [0.25, 0.3) is 5.91 Å². The van der Waals surface area contributed by atoms with Gasteiger partial charge in [-0.25, -0.2) is 5.43 Å². The largest absolute Gasteiger partial charge is 0.503 e. The molecule has 0 aromatic heterocycles. The van der Waals surface area contributed by atoms with E-state index in [-0.39, 0.29) is 11.5 Å². The molecular weight excluding hydrogens is 516 g/mol. The Morgan fingerprint density at radius 1 is 1.03 bits per heavy atom. The van der Waals surface area contributed by atoms with E-state index in [9.17, 15) is 15.0 Å². The minimum absolute atomic E-state index is 0.0620. The van der Waals surface area contributed by atoms with E-state index >= 15 is 0 Å². The molecule has 0 spiro atoms. The number of hydrogen-bond donors (Lipinski definition) is 3. The molecule has 0 saturated carbocycles. The van der Waals surface area contributed by atoms with Crippen LogP contribution in [0.15, 0.2) is 80.8 Å². The van der Waals surface area contributed by atoms with Crippen molar-refractivity contribution in [3.05, 3.63) is 92.4 Å². The number of hydrogen-bond acceptors (Lipinski definition) is 5. The van der Waals surface area contributed by atoms with Gasteiger partial charge in [-0.05, 0) is 49.1 Å². The molecule has 3 N–H and O–H groups in total. The Labute approximate surface area is 190 Å². The van der Waals surface area contributed by atoms with Gasteiger partial charge in [-0.2, -0.15) is 5.10 Å². The Morgan fingerprint density at radius 2 is 1.57 bits per heavy atom. The Kier molecular flexibility index (Phi) is 6.91. The monoisotopic (exact) mass is 532 g/mol. The summed E-state index contributed by atoms with van der Waals surface area (Å²) in [5, 5.41) is 25.4. The lowest BCUT2D eigenvalue weighted by atomic mass is 9.85. The normalized spacial score (nSPS) is 11.5. The zero-order valence-corrected chi connectivity index (χ0v) is 19.0. The van der Waals surface area contributed by atoms with Crippen LogP contribution in [0.2, 0.25) is 0 Å². The molecular formula is C22H18Br2N2O4. The van der Waals surface area contributed by atoms with Crippen LogP contribution in [0.5, 0.6) is 11.5 Å². The van der Waals surface area contributed by atoms with Gasteiger partial charge in [0.15, 0.2) is 17.1 Å². The van der Waals surface area contributed by atoms with E-state index in [1.165, 1.54) is 13.3 Å². The van der Waals surface area contributed by atoms with Gasteiger partial charge >= 0.3 is 0 Å². The van der Waals surface area contributed by atoms with Crippen molar-refractivity contribution in [3.8, 4) is 11.5 Å². The number of carbonyl (C=O) groups is 1. The fourth-order valence-electron chi connectivity index (χ4n) is 2.89. The highest BCUT2D eigenvalue weighted by Crippen LogP contribution is 2.41. The predicted molar refractivity (Wildman–Crippen MR) is 122 cm³/mol. The number of methoxy groups -OCH3 is 1. The average Bonchev–Trinajstić information content (AvgIpc) is 2.79. The van der Waals surface area contributed by atoms with Crippen LogP contribution in [0.3, 0.4) is 0 Å². The van der Waals surface area contributed by atoms with Crippen molar-refractivity contribution in [2.75, 3.05) is 7.11 Å². The molecule has 0 saturated heterocycles. The first-order valence-corrected chi connectivity index (χ1v) is 10.4. The number of rotatable bonds is 6. The molecule has 3 aromatic carbocycles. The van der Waals surface area contributed by atoms with Crippen LogP contribution < -0.4 is 10.2 Å². The van der Waals surface area contributed by atoms with E-state index in [0.717, 1.165) is 0 Å².